The van der Waals surface area contributed by atoms with Gasteiger partial charge in [-0.05, 0) is 46.3 Å². The minimum atomic E-state index is 0.270. The van der Waals surface area contributed by atoms with Crippen molar-refractivity contribution in [2.75, 3.05) is 20.1 Å². The Morgan fingerprint density at radius 3 is 2.55 bits per heavy atom. The maximum absolute atomic E-state index is 3.94. The lowest BCUT2D eigenvalue weighted by Crippen LogP contribution is -2.44. The first-order valence-corrected chi connectivity index (χ1v) is 4.30. The van der Waals surface area contributed by atoms with Crippen molar-refractivity contribution in [2.24, 2.45) is 5.92 Å². The van der Waals surface area contributed by atoms with Crippen LogP contribution in [0.15, 0.2) is 0 Å². The number of nitrogens with zero attached hydrogens (tertiary/aromatic N) is 1. The summed E-state index contributed by atoms with van der Waals surface area (Å²) < 4.78 is 0. The number of hydrogen-bond acceptors (Lipinski definition) is 2. The molecule has 0 saturated carbocycles. The van der Waals surface area contributed by atoms with Crippen LogP contribution in [0.1, 0.15) is 20.3 Å². The lowest BCUT2D eigenvalue weighted by molar-refractivity contribution is 0.272. The van der Waals surface area contributed by atoms with Crippen molar-refractivity contribution in [3.63, 3.8) is 0 Å². The van der Waals surface area contributed by atoms with Crippen molar-refractivity contribution in [1.29, 1.82) is 0 Å². The Balaban J connectivity index is 2.48. The lowest BCUT2D eigenvalue weighted by atomic mass is 9.87. The van der Waals surface area contributed by atoms with E-state index in [-0.39, 0.29) is 5.54 Å². The van der Waals surface area contributed by atoms with E-state index in [9.17, 15) is 0 Å². The fourth-order valence-corrected chi connectivity index (χ4v) is 1.63. The summed E-state index contributed by atoms with van der Waals surface area (Å²) in [7, 11) is 5.97. The third kappa shape index (κ3) is 1.94. The van der Waals surface area contributed by atoms with Crippen molar-refractivity contribution in [3.8, 4) is 0 Å². The third-order valence-corrected chi connectivity index (χ3v) is 2.94. The van der Waals surface area contributed by atoms with Gasteiger partial charge in [-0.2, -0.15) is 0 Å². The van der Waals surface area contributed by atoms with E-state index in [0.29, 0.717) is 0 Å². The van der Waals surface area contributed by atoms with Gasteiger partial charge in [-0.3, -0.25) is 7.05 Å². The van der Waals surface area contributed by atoms with E-state index in [1.807, 2.05) is 7.05 Å². The Kier molecular flexibility index (Phi) is 2.55. The second kappa shape index (κ2) is 3.11. The van der Waals surface area contributed by atoms with Crippen LogP contribution in [0.2, 0.25) is 0 Å². The monoisotopic (exact) mass is 155 g/mol. The van der Waals surface area contributed by atoms with Crippen LogP contribution in [0.25, 0.3) is 0 Å². The summed E-state index contributed by atoms with van der Waals surface area (Å²) in [6, 6.07) is 0. The Bertz CT molecular complexity index is 132. The average Bonchev–Trinajstić information content (AvgIpc) is 2.36. The van der Waals surface area contributed by atoms with Gasteiger partial charge in [-0.25, -0.2) is 0 Å². The SMILES string of the molecule is [CH2-]N1CCC(C(C)(C)NC)C1. The van der Waals surface area contributed by atoms with Crippen molar-refractivity contribution >= 4 is 0 Å². The first-order valence-electron chi connectivity index (χ1n) is 4.30. The highest BCUT2D eigenvalue weighted by Gasteiger charge is 2.30. The molecule has 1 N–H and O–H groups in total. The smallest absolute Gasteiger partial charge is 0.0162 e. The number of hydrogen-bond donors (Lipinski definition) is 1. The molecule has 1 rings (SSSR count). The zero-order valence-electron chi connectivity index (χ0n) is 7.85. The highest BCUT2D eigenvalue weighted by molar-refractivity contribution is 4.90. The van der Waals surface area contributed by atoms with Gasteiger partial charge in [0.1, 0.15) is 0 Å². The normalized spacial score (nSPS) is 27.8. The largest absolute Gasteiger partial charge is 0.459 e. The summed E-state index contributed by atoms with van der Waals surface area (Å²) in [4.78, 5) is 2.16. The van der Waals surface area contributed by atoms with Gasteiger partial charge in [-0.1, -0.05) is 0 Å². The molecule has 1 aliphatic heterocycles. The van der Waals surface area contributed by atoms with Crippen LogP contribution in [0.3, 0.4) is 0 Å². The first-order chi connectivity index (χ1) is 5.06. The quantitative estimate of drug-likeness (QED) is 0.601. The van der Waals surface area contributed by atoms with Crippen LogP contribution in [0, 0.1) is 13.0 Å². The molecule has 2 heteroatoms. The van der Waals surface area contributed by atoms with E-state index >= 15 is 0 Å². The van der Waals surface area contributed by atoms with Crippen molar-refractivity contribution in [2.45, 2.75) is 25.8 Å². The third-order valence-electron chi connectivity index (χ3n) is 2.94. The van der Waals surface area contributed by atoms with E-state index in [4.69, 9.17) is 0 Å². The summed E-state index contributed by atoms with van der Waals surface area (Å²) in [6.45, 7) is 6.80. The molecular weight excluding hydrogens is 136 g/mol. The highest BCUT2D eigenvalue weighted by Crippen LogP contribution is 2.25. The van der Waals surface area contributed by atoms with Crippen molar-refractivity contribution < 1.29 is 0 Å². The fraction of sp³-hybridized carbons (Fsp3) is 0.889. The predicted molar refractivity (Wildman–Crippen MR) is 48.2 cm³/mol. The lowest BCUT2D eigenvalue weighted by Gasteiger charge is -2.32. The zero-order chi connectivity index (χ0) is 8.48. The zero-order valence-corrected chi connectivity index (χ0v) is 7.85. The molecule has 1 fully saturated rings. The predicted octanol–water partition coefficient (Wildman–Crippen LogP) is 1.10. The molecule has 2 nitrogen and oxygen atoms in total. The van der Waals surface area contributed by atoms with E-state index in [2.05, 4.69) is 31.1 Å². The molecule has 0 amide bonds. The Hall–Kier alpha value is -0.0800. The summed E-state index contributed by atoms with van der Waals surface area (Å²) >= 11 is 0. The second-order valence-electron chi connectivity index (χ2n) is 4.03. The number of rotatable bonds is 2. The van der Waals surface area contributed by atoms with Gasteiger partial charge >= 0.3 is 0 Å². The van der Waals surface area contributed by atoms with Gasteiger partial charge < -0.3 is 10.2 Å². The maximum atomic E-state index is 3.94. The molecule has 66 valence electrons. The number of likely N-dealkylation sites (tertiary alicyclic amines) is 1. The summed E-state index contributed by atoms with van der Waals surface area (Å²) in [5.41, 5.74) is 0.270. The van der Waals surface area contributed by atoms with E-state index in [1.165, 1.54) is 6.42 Å². The molecule has 0 aromatic carbocycles. The summed E-state index contributed by atoms with van der Waals surface area (Å²) in [5.74, 6) is 0.755. The summed E-state index contributed by atoms with van der Waals surface area (Å²) in [6.07, 6.45) is 1.28. The standard InChI is InChI=1S/C9H19N2/c1-9(2,10-3)8-5-6-11(4)7-8/h8,10H,4-7H2,1-3H3/q-1. The molecule has 0 bridgehead atoms. The molecule has 0 aliphatic carbocycles. The number of nitrogens with one attached hydrogen (secondary N) is 1. The molecule has 11 heavy (non-hydrogen) atoms. The van der Waals surface area contributed by atoms with Crippen LogP contribution in [0.4, 0.5) is 0 Å². The minimum absolute atomic E-state index is 0.270. The maximum Gasteiger partial charge on any atom is 0.0162 e. The van der Waals surface area contributed by atoms with E-state index in [1.54, 1.807) is 0 Å². The van der Waals surface area contributed by atoms with E-state index < -0.39 is 0 Å². The first kappa shape index (κ1) is 9.01. The highest BCUT2D eigenvalue weighted by atomic mass is 15.1. The molecule has 1 aliphatic rings. The van der Waals surface area contributed by atoms with Gasteiger partial charge in [0.05, 0.1) is 0 Å². The van der Waals surface area contributed by atoms with Crippen LogP contribution in [-0.2, 0) is 0 Å². The summed E-state index contributed by atoms with van der Waals surface area (Å²) in [5, 5.41) is 3.35. The Morgan fingerprint density at radius 1 is 1.55 bits per heavy atom. The molecule has 0 radical (unpaired) electrons. The van der Waals surface area contributed by atoms with Crippen LogP contribution >= 0.6 is 0 Å². The van der Waals surface area contributed by atoms with Crippen molar-refractivity contribution in [3.05, 3.63) is 7.05 Å². The second-order valence-corrected chi connectivity index (χ2v) is 4.03. The molecule has 0 aromatic heterocycles. The molecule has 1 heterocycles. The minimum Gasteiger partial charge on any atom is -0.459 e. The Labute approximate surface area is 70.0 Å². The van der Waals surface area contributed by atoms with Crippen LogP contribution in [0.5, 0.6) is 0 Å². The molecule has 1 saturated heterocycles. The van der Waals surface area contributed by atoms with Gasteiger partial charge in [0, 0.05) is 5.54 Å². The van der Waals surface area contributed by atoms with Gasteiger partial charge in [0.2, 0.25) is 0 Å². The van der Waals surface area contributed by atoms with Crippen LogP contribution < -0.4 is 5.32 Å². The van der Waals surface area contributed by atoms with Crippen LogP contribution in [-0.4, -0.2) is 30.6 Å². The average molecular weight is 155 g/mol. The fourth-order valence-electron chi connectivity index (χ4n) is 1.63. The molecular formula is C9H19N2-. The molecule has 1 atom stereocenters. The Morgan fingerprint density at radius 2 is 2.18 bits per heavy atom. The topological polar surface area (TPSA) is 15.3 Å². The van der Waals surface area contributed by atoms with Gasteiger partial charge in [0.15, 0.2) is 0 Å². The van der Waals surface area contributed by atoms with Crippen molar-refractivity contribution in [1.82, 2.24) is 10.2 Å². The van der Waals surface area contributed by atoms with Gasteiger partial charge in [0.25, 0.3) is 0 Å². The molecule has 0 spiro atoms. The van der Waals surface area contributed by atoms with Gasteiger partial charge in [-0.15, -0.1) is 0 Å². The van der Waals surface area contributed by atoms with E-state index in [0.717, 1.165) is 19.0 Å². The molecule has 0 aromatic rings. The molecule has 1 unspecified atom stereocenters.